The van der Waals surface area contributed by atoms with E-state index < -0.39 is 15.7 Å². The molecule has 1 unspecified atom stereocenters. The lowest BCUT2D eigenvalue weighted by Crippen LogP contribution is -2.32. The van der Waals surface area contributed by atoms with Gasteiger partial charge in [0.1, 0.15) is 0 Å². The molecule has 1 amide bonds. The summed E-state index contributed by atoms with van der Waals surface area (Å²) in [6.45, 7) is 0.547. The number of nitrogens with two attached hydrogens (primary N) is 2. The van der Waals surface area contributed by atoms with E-state index in [1.165, 1.54) is 0 Å². The van der Waals surface area contributed by atoms with Crippen molar-refractivity contribution in [1.82, 2.24) is 4.90 Å². The summed E-state index contributed by atoms with van der Waals surface area (Å²) >= 11 is 0. The van der Waals surface area contributed by atoms with Crippen molar-refractivity contribution < 1.29 is 13.2 Å². The topological polar surface area (TPSA) is 106 Å². The van der Waals surface area contributed by atoms with Crippen molar-refractivity contribution in [2.75, 3.05) is 24.3 Å². The van der Waals surface area contributed by atoms with Gasteiger partial charge in [0.05, 0.1) is 11.5 Å². The molecule has 0 bridgehead atoms. The van der Waals surface area contributed by atoms with Crippen LogP contribution in [-0.4, -0.2) is 43.8 Å². The second-order valence-electron chi connectivity index (χ2n) is 5.25. The van der Waals surface area contributed by atoms with Crippen molar-refractivity contribution in [3.8, 4) is 0 Å². The predicted molar refractivity (Wildman–Crippen MR) is 77.9 cm³/mol. The van der Waals surface area contributed by atoms with E-state index >= 15 is 0 Å². The van der Waals surface area contributed by atoms with Crippen LogP contribution in [0.2, 0.25) is 0 Å². The summed E-state index contributed by atoms with van der Waals surface area (Å²) in [5.74, 6) is -0.0700. The zero-order valence-corrected chi connectivity index (χ0v) is 12.2. The van der Waals surface area contributed by atoms with Crippen LogP contribution in [0.3, 0.4) is 0 Å². The molecule has 4 N–H and O–H groups in total. The zero-order valence-electron chi connectivity index (χ0n) is 11.4. The van der Waals surface area contributed by atoms with Gasteiger partial charge in [-0.15, -0.1) is 0 Å². The first kappa shape index (κ1) is 14.8. The van der Waals surface area contributed by atoms with E-state index in [0.717, 1.165) is 5.56 Å². The minimum atomic E-state index is -2.89. The second-order valence-corrected chi connectivity index (χ2v) is 7.48. The lowest BCUT2D eigenvalue weighted by Gasteiger charge is -2.23. The van der Waals surface area contributed by atoms with Crippen molar-refractivity contribution in [2.24, 2.45) is 5.73 Å². The van der Waals surface area contributed by atoms with Crippen LogP contribution < -0.4 is 11.5 Å². The molecule has 0 aromatic heterocycles. The number of rotatable bonds is 4. The number of carbonyl (C=O) groups is 1. The number of hydrogen-bond donors (Lipinski definition) is 2. The Morgan fingerprint density at radius 3 is 2.65 bits per heavy atom. The molecule has 110 valence electrons. The Labute approximate surface area is 118 Å². The van der Waals surface area contributed by atoms with Crippen LogP contribution >= 0.6 is 0 Å². The third-order valence-corrected chi connectivity index (χ3v) is 5.43. The Morgan fingerprint density at radius 2 is 2.15 bits per heavy atom. The van der Waals surface area contributed by atoms with Crippen molar-refractivity contribution in [3.63, 3.8) is 0 Å². The van der Waals surface area contributed by atoms with Crippen molar-refractivity contribution in [2.45, 2.75) is 19.0 Å². The van der Waals surface area contributed by atoms with Crippen LogP contribution in [0.15, 0.2) is 18.2 Å². The molecule has 1 heterocycles. The summed E-state index contributed by atoms with van der Waals surface area (Å²) in [4.78, 5) is 13.0. The summed E-state index contributed by atoms with van der Waals surface area (Å²) in [5.41, 5.74) is 12.8. The Kier molecular flexibility index (Phi) is 4.01. The molecule has 1 atom stereocenters. The van der Waals surface area contributed by atoms with Crippen LogP contribution in [0.25, 0.3) is 0 Å². The van der Waals surface area contributed by atoms with Crippen molar-refractivity contribution >= 4 is 21.4 Å². The molecule has 1 fully saturated rings. The quantitative estimate of drug-likeness (QED) is 0.760. The number of benzene rings is 1. The van der Waals surface area contributed by atoms with Gasteiger partial charge in [-0.3, -0.25) is 9.69 Å². The highest BCUT2D eigenvalue weighted by molar-refractivity contribution is 7.91. The standard InChI is InChI=1S/C13H19N3O3S/c1-16(11-4-5-20(18,19)8-11)7-10-3-2-9(13(15)17)6-12(10)14/h2-3,6,11H,4-5,7-8,14H2,1H3,(H2,15,17). The number of primary amides is 1. The number of amides is 1. The molecule has 0 radical (unpaired) electrons. The molecular formula is C13H19N3O3S. The maximum absolute atomic E-state index is 11.5. The smallest absolute Gasteiger partial charge is 0.248 e. The normalized spacial score (nSPS) is 21.2. The van der Waals surface area contributed by atoms with E-state index in [0.29, 0.717) is 24.2 Å². The molecule has 1 aliphatic heterocycles. The van der Waals surface area contributed by atoms with E-state index in [4.69, 9.17) is 11.5 Å². The van der Waals surface area contributed by atoms with Gasteiger partial charge in [0, 0.05) is 23.8 Å². The molecule has 1 aromatic carbocycles. The lowest BCUT2D eigenvalue weighted by atomic mass is 10.1. The summed E-state index contributed by atoms with van der Waals surface area (Å²) < 4.78 is 23.0. The number of nitrogens with zero attached hydrogens (tertiary/aromatic N) is 1. The number of carbonyl (C=O) groups excluding carboxylic acids is 1. The number of anilines is 1. The first-order valence-corrected chi connectivity index (χ1v) is 8.19. The van der Waals surface area contributed by atoms with Gasteiger partial charge in [-0.1, -0.05) is 6.07 Å². The van der Waals surface area contributed by atoms with Crippen LogP contribution in [0.1, 0.15) is 22.3 Å². The Balaban J connectivity index is 2.08. The van der Waals surface area contributed by atoms with Gasteiger partial charge in [-0.25, -0.2) is 8.42 Å². The number of sulfone groups is 1. The van der Waals surface area contributed by atoms with Gasteiger partial charge < -0.3 is 11.5 Å². The van der Waals surface area contributed by atoms with Gasteiger partial charge >= 0.3 is 0 Å². The molecule has 1 aromatic rings. The monoisotopic (exact) mass is 297 g/mol. The lowest BCUT2D eigenvalue weighted by molar-refractivity contribution is 0.100. The molecule has 1 saturated heterocycles. The molecule has 0 spiro atoms. The maximum atomic E-state index is 11.5. The highest BCUT2D eigenvalue weighted by Gasteiger charge is 2.30. The van der Waals surface area contributed by atoms with E-state index in [1.54, 1.807) is 18.2 Å². The van der Waals surface area contributed by atoms with Gasteiger partial charge in [-0.05, 0) is 31.2 Å². The average Bonchev–Trinajstić information content (AvgIpc) is 2.72. The molecule has 20 heavy (non-hydrogen) atoms. The first-order chi connectivity index (χ1) is 9.28. The maximum Gasteiger partial charge on any atom is 0.248 e. The van der Waals surface area contributed by atoms with Crippen LogP contribution in [0, 0.1) is 0 Å². The Bertz CT molecular complexity index is 628. The first-order valence-electron chi connectivity index (χ1n) is 6.37. The van der Waals surface area contributed by atoms with E-state index in [2.05, 4.69) is 0 Å². The van der Waals surface area contributed by atoms with Gasteiger partial charge in [-0.2, -0.15) is 0 Å². The zero-order chi connectivity index (χ0) is 14.9. The predicted octanol–water partition coefficient (Wildman–Crippen LogP) is -0.0134. The molecule has 6 nitrogen and oxygen atoms in total. The molecule has 0 aliphatic carbocycles. The fourth-order valence-electron chi connectivity index (χ4n) is 2.41. The van der Waals surface area contributed by atoms with Crippen LogP contribution in [0.4, 0.5) is 5.69 Å². The third kappa shape index (κ3) is 3.29. The van der Waals surface area contributed by atoms with Crippen LogP contribution in [-0.2, 0) is 16.4 Å². The molecule has 7 heteroatoms. The fourth-order valence-corrected chi connectivity index (χ4v) is 4.22. The number of hydrogen-bond acceptors (Lipinski definition) is 5. The largest absolute Gasteiger partial charge is 0.398 e. The molecule has 2 rings (SSSR count). The van der Waals surface area contributed by atoms with E-state index in [1.807, 2.05) is 11.9 Å². The Hall–Kier alpha value is -1.60. The van der Waals surface area contributed by atoms with E-state index in [9.17, 15) is 13.2 Å². The summed E-state index contributed by atoms with van der Waals surface area (Å²) in [6.07, 6.45) is 0.651. The fraction of sp³-hybridized carbons (Fsp3) is 0.462. The Morgan fingerprint density at radius 1 is 1.45 bits per heavy atom. The van der Waals surface area contributed by atoms with Gasteiger partial charge in [0.25, 0.3) is 0 Å². The summed E-state index contributed by atoms with van der Waals surface area (Å²) in [7, 11) is -1.01. The summed E-state index contributed by atoms with van der Waals surface area (Å²) in [5, 5.41) is 0. The molecule has 0 saturated carbocycles. The van der Waals surface area contributed by atoms with Gasteiger partial charge in [0.15, 0.2) is 9.84 Å². The molecular weight excluding hydrogens is 278 g/mol. The number of nitrogen functional groups attached to an aromatic ring is 1. The molecule has 1 aliphatic rings. The summed E-state index contributed by atoms with van der Waals surface area (Å²) in [6, 6.07) is 4.97. The minimum absolute atomic E-state index is 0.0233. The van der Waals surface area contributed by atoms with Crippen molar-refractivity contribution in [1.29, 1.82) is 0 Å². The van der Waals surface area contributed by atoms with Gasteiger partial charge in [0.2, 0.25) is 5.91 Å². The second kappa shape index (κ2) is 5.41. The van der Waals surface area contributed by atoms with E-state index in [-0.39, 0.29) is 17.5 Å². The van der Waals surface area contributed by atoms with Crippen LogP contribution in [0.5, 0.6) is 0 Å². The highest BCUT2D eigenvalue weighted by Crippen LogP contribution is 2.21. The SMILES string of the molecule is CN(Cc1ccc(C(N)=O)cc1N)C1CCS(=O)(=O)C1. The third-order valence-electron chi connectivity index (χ3n) is 3.68. The van der Waals surface area contributed by atoms with Crippen molar-refractivity contribution in [3.05, 3.63) is 29.3 Å². The minimum Gasteiger partial charge on any atom is -0.398 e. The average molecular weight is 297 g/mol. The highest BCUT2D eigenvalue weighted by atomic mass is 32.2.